The Morgan fingerprint density at radius 3 is 2.25 bits per heavy atom. The van der Waals surface area contributed by atoms with Gasteiger partial charge in [-0.2, -0.15) is 0 Å². The van der Waals surface area contributed by atoms with Crippen LogP contribution < -0.4 is 19.1 Å². The first-order chi connectivity index (χ1) is 14.9. The van der Waals surface area contributed by atoms with Crippen molar-refractivity contribution >= 4 is 56.6 Å². The van der Waals surface area contributed by atoms with Crippen LogP contribution in [0.1, 0.15) is 16.8 Å². The second-order valence-electron chi connectivity index (χ2n) is 7.10. The van der Waals surface area contributed by atoms with Gasteiger partial charge < -0.3 is 19.1 Å². The second kappa shape index (κ2) is 11.6. The Morgan fingerprint density at radius 1 is 1.00 bits per heavy atom. The summed E-state index contributed by atoms with van der Waals surface area (Å²) in [5.41, 5.74) is 1.04. The van der Waals surface area contributed by atoms with E-state index in [9.17, 15) is 4.79 Å². The fourth-order valence-electron chi connectivity index (χ4n) is 3.21. The minimum atomic E-state index is -0.227. The molecule has 1 aromatic heterocycles. The van der Waals surface area contributed by atoms with E-state index in [1.807, 2.05) is 26.2 Å². The maximum atomic E-state index is 13.6. The number of hydrogen-bond acceptors (Lipinski definition) is 7. The first-order valence-corrected chi connectivity index (χ1v) is 10.9. The second-order valence-corrected chi connectivity index (χ2v) is 8.52. The first-order valence-electron chi connectivity index (χ1n) is 9.71. The minimum absolute atomic E-state index is 0. The molecule has 0 N–H and O–H groups in total. The van der Waals surface area contributed by atoms with Gasteiger partial charge in [-0.3, -0.25) is 9.69 Å². The molecule has 0 saturated carbocycles. The van der Waals surface area contributed by atoms with Gasteiger partial charge in [0.15, 0.2) is 5.13 Å². The first kappa shape index (κ1) is 26.0. The summed E-state index contributed by atoms with van der Waals surface area (Å²) in [5, 5.41) is 1.02. The Balaban J connectivity index is 0.00000363. The molecule has 3 rings (SSSR count). The standard InChI is InChI=1S/C22H26ClN3O4S.ClH/c1-25(2)11-6-12-26(21(27)15-13-14(23)7-8-16(15)28-3)22-24-19-17(29-4)9-10-18(30-5)20(19)31-22;/h7-10,13H,6,11-12H2,1-5H3;1H. The maximum Gasteiger partial charge on any atom is 0.263 e. The van der Waals surface area contributed by atoms with E-state index < -0.39 is 0 Å². The van der Waals surface area contributed by atoms with E-state index >= 15 is 0 Å². The molecule has 0 fully saturated rings. The number of aromatic nitrogens is 1. The van der Waals surface area contributed by atoms with Crippen LogP contribution in [-0.2, 0) is 0 Å². The monoisotopic (exact) mass is 499 g/mol. The summed E-state index contributed by atoms with van der Waals surface area (Å²) in [6.45, 7) is 1.31. The Labute approximate surface area is 203 Å². The smallest absolute Gasteiger partial charge is 0.263 e. The Kier molecular flexibility index (Phi) is 9.39. The van der Waals surface area contributed by atoms with E-state index in [0.717, 1.165) is 17.7 Å². The van der Waals surface area contributed by atoms with Gasteiger partial charge in [0.1, 0.15) is 27.5 Å². The van der Waals surface area contributed by atoms with Gasteiger partial charge in [-0.05, 0) is 57.4 Å². The highest BCUT2D eigenvalue weighted by atomic mass is 35.5. The van der Waals surface area contributed by atoms with Gasteiger partial charge in [0.2, 0.25) is 0 Å². The molecule has 0 radical (unpaired) electrons. The summed E-state index contributed by atoms with van der Waals surface area (Å²) in [5.74, 6) is 1.54. The van der Waals surface area contributed by atoms with Crippen molar-refractivity contribution in [3.63, 3.8) is 0 Å². The van der Waals surface area contributed by atoms with Crippen molar-refractivity contribution < 1.29 is 19.0 Å². The molecule has 0 spiro atoms. The third-order valence-corrected chi connectivity index (χ3v) is 6.08. The number of rotatable bonds is 9. The molecule has 0 bridgehead atoms. The number of nitrogens with zero attached hydrogens (tertiary/aromatic N) is 3. The van der Waals surface area contributed by atoms with E-state index in [4.69, 9.17) is 30.8 Å². The van der Waals surface area contributed by atoms with Gasteiger partial charge in [0.05, 0.1) is 26.9 Å². The number of halogens is 2. The molecule has 0 saturated heterocycles. The molecule has 0 atom stereocenters. The fourth-order valence-corrected chi connectivity index (χ4v) is 4.48. The summed E-state index contributed by atoms with van der Waals surface area (Å²) < 4.78 is 17.2. The number of carbonyl (C=O) groups is 1. The number of amides is 1. The van der Waals surface area contributed by atoms with Gasteiger partial charge >= 0.3 is 0 Å². The quantitative estimate of drug-likeness (QED) is 0.412. The van der Waals surface area contributed by atoms with Gasteiger partial charge in [-0.15, -0.1) is 12.4 Å². The lowest BCUT2D eigenvalue weighted by atomic mass is 10.1. The molecule has 174 valence electrons. The molecular formula is C22H27Cl2N3O4S. The lowest BCUT2D eigenvalue weighted by Gasteiger charge is -2.22. The van der Waals surface area contributed by atoms with Crippen molar-refractivity contribution in [1.82, 2.24) is 9.88 Å². The van der Waals surface area contributed by atoms with Gasteiger partial charge in [0, 0.05) is 11.6 Å². The highest BCUT2D eigenvalue weighted by molar-refractivity contribution is 7.22. The fraction of sp³-hybridized carbons (Fsp3) is 0.364. The van der Waals surface area contributed by atoms with Crippen molar-refractivity contribution in [2.75, 3.05) is 53.4 Å². The van der Waals surface area contributed by atoms with Crippen LogP contribution in [0.15, 0.2) is 30.3 Å². The molecule has 0 aliphatic rings. The van der Waals surface area contributed by atoms with E-state index in [1.54, 1.807) is 37.3 Å². The Morgan fingerprint density at radius 2 is 1.62 bits per heavy atom. The molecule has 10 heteroatoms. The normalized spacial score (nSPS) is 10.7. The van der Waals surface area contributed by atoms with Crippen LogP contribution in [0.4, 0.5) is 5.13 Å². The van der Waals surface area contributed by atoms with E-state index in [1.165, 1.54) is 18.4 Å². The molecule has 32 heavy (non-hydrogen) atoms. The molecule has 1 heterocycles. The number of anilines is 1. The van der Waals surface area contributed by atoms with E-state index in [0.29, 0.717) is 45.0 Å². The summed E-state index contributed by atoms with van der Waals surface area (Å²) in [7, 11) is 8.73. The minimum Gasteiger partial charge on any atom is -0.496 e. The molecule has 0 aliphatic heterocycles. The predicted octanol–water partition coefficient (Wildman–Crippen LogP) is 5.00. The lowest BCUT2D eigenvalue weighted by Crippen LogP contribution is -2.33. The summed E-state index contributed by atoms with van der Waals surface area (Å²) in [6, 6.07) is 8.65. The van der Waals surface area contributed by atoms with E-state index in [-0.39, 0.29) is 18.3 Å². The number of methoxy groups -OCH3 is 3. The molecule has 3 aromatic rings. The average Bonchev–Trinajstić information content (AvgIpc) is 3.20. The molecule has 7 nitrogen and oxygen atoms in total. The number of thiazole rings is 1. The molecule has 0 aliphatic carbocycles. The van der Waals surface area contributed by atoms with Crippen LogP contribution in [0.25, 0.3) is 10.2 Å². The van der Waals surface area contributed by atoms with Crippen LogP contribution in [0.5, 0.6) is 17.2 Å². The summed E-state index contributed by atoms with van der Waals surface area (Å²) >= 11 is 7.57. The van der Waals surface area contributed by atoms with Gasteiger partial charge in [-0.1, -0.05) is 22.9 Å². The van der Waals surface area contributed by atoms with Crippen LogP contribution in [0.2, 0.25) is 5.02 Å². The molecule has 2 aromatic carbocycles. The van der Waals surface area contributed by atoms with Crippen LogP contribution >= 0.6 is 35.3 Å². The predicted molar refractivity (Wildman–Crippen MR) is 133 cm³/mol. The van der Waals surface area contributed by atoms with Crippen molar-refractivity contribution in [2.45, 2.75) is 6.42 Å². The highest BCUT2D eigenvalue weighted by Crippen LogP contribution is 2.40. The zero-order chi connectivity index (χ0) is 22.5. The number of carbonyl (C=O) groups excluding carboxylic acids is 1. The third kappa shape index (κ3) is 5.56. The average molecular weight is 500 g/mol. The Hall–Kier alpha value is -2.26. The van der Waals surface area contributed by atoms with Crippen LogP contribution in [0, 0.1) is 0 Å². The van der Waals surface area contributed by atoms with Crippen molar-refractivity contribution in [3.05, 3.63) is 40.9 Å². The van der Waals surface area contributed by atoms with Gasteiger partial charge in [0.25, 0.3) is 5.91 Å². The number of fused-ring (bicyclic) bond motifs is 1. The zero-order valence-corrected chi connectivity index (χ0v) is 21.1. The Bertz CT molecular complexity index is 1030. The summed E-state index contributed by atoms with van der Waals surface area (Å²) in [6.07, 6.45) is 0.770. The topological polar surface area (TPSA) is 64.1 Å². The van der Waals surface area contributed by atoms with Crippen LogP contribution in [-0.4, -0.2) is 64.3 Å². The lowest BCUT2D eigenvalue weighted by molar-refractivity contribution is 0.0983. The number of ether oxygens (including phenoxy) is 3. The van der Waals surface area contributed by atoms with Crippen molar-refractivity contribution in [2.24, 2.45) is 0 Å². The highest BCUT2D eigenvalue weighted by Gasteiger charge is 2.26. The number of hydrogen-bond donors (Lipinski definition) is 0. The van der Waals surface area contributed by atoms with E-state index in [2.05, 4.69) is 4.90 Å². The van der Waals surface area contributed by atoms with Crippen LogP contribution in [0.3, 0.4) is 0 Å². The maximum absolute atomic E-state index is 13.6. The van der Waals surface area contributed by atoms with Gasteiger partial charge in [-0.25, -0.2) is 4.98 Å². The van der Waals surface area contributed by atoms with Crippen molar-refractivity contribution in [3.8, 4) is 17.2 Å². The molecular weight excluding hydrogens is 473 g/mol. The third-order valence-electron chi connectivity index (χ3n) is 4.75. The SMILES string of the molecule is COc1ccc(Cl)cc1C(=O)N(CCCN(C)C)c1nc2c(OC)ccc(OC)c2s1.Cl. The summed E-state index contributed by atoms with van der Waals surface area (Å²) in [4.78, 5) is 22.1. The zero-order valence-electron chi connectivity index (χ0n) is 18.7. The number of benzene rings is 2. The largest absolute Gasteiger partial charge is 0.496 e. The molecule has 1 amide bonds. The van der Waals surface area contributed by atoms with Crippen molar-refractivity contribution in [1.29, 1.82) is 0 Å². The molecule has 0 unspecified atom stereocenters.